The number of pyridine rings is 1. The minimum Gasteiger partial charge on any atom is -0.349 e. The summed E-state index contributed by atoms with van der Waals surface area (Å²) in [5.74, 6) is -0.256. The Morgan fingerprint density at radius 1 is 1.37 bits per heavy atom. The summed E-state index contributed by atoms with van der Waals surface area (Å²) in [6.07, 6.45) is 8.02. The van der Waals surface area contributed by atoms with Crippen LogP contribution in [-0.4, -0.2) is 25.4 Å². The van der Waals surface area contributed by atoms with Gasteiger partial charge < -0.3 is 5.32 Å². The number of carbonyl (C=O) groups is 1. The molecule has 0 fully saturated rings. The Balaban J connectivity index is 2.05. The van der Waals surface area contributed by atoms with E-state index in [1.54, 1.807) is 0 Å². The quantitative estimate of drug-likeness (QED) is 0.790. The number of carbonyl (C=O) groups excluding carboxylic acids is 1. The molecule has 0 spiro atoms. The molecule has 6 nitrogen and oxygen atoms in total. The van der Waals surface area contributed by atoms with E-state index in [4.69, 9.17) is 5.14 Å². The summed E-state index contributed by atoms with van der Waals surface area (Å²) in [7, 11) is -3.82. The van der Waals surface area contributed by atoms with E-state index in [1.165, 1.54) is 18.3 Å². The van der Waals surface area contributed by atoms with Crippen molar-refractivity contribution in [2.45, 2.75) is 30.3 Å². The highest BCUT2D eigenvalue weighted by molar-refractivity contribution is 7.89. The molecule has 0 bridgehead atoms. The van der Waals surface area contributed by atoms with Gasteiger partial charge in [-0.1, -0.05) is 12.2 Å². The van der Waals surface area contributed by atoms with E-state index in [0.29, 0.717) is 5.56 Å². The molecular formula is C12H15N3O3S. The predicted octanol–water partition coefficient (Wildman–Crippen LogP) is 0.567. The third-order valence-electron chi connectivity index (χ3n) is 2.89. The van der Waals surface area contributed by atoms with Gasteiger partial charge in [0.2, 0.25) is 0 Å². The monoisotopic (exact) mass is 281 g/mol. The van der Waals surface area contributed by atoms with Gasteiger partial charge in [-0.2, -0.15) is 0 Å². The number of aromatic nitrogens is 1. The van der Waals surface area contributed by atoms with Gasteiger partial charge in [0.05, 0.1) is 5.56 Å². The van der Waals surface area contributed by atoms with Crippen molar-refractivity contribution in [3.63, 3.8) is 0 Å². The molecule has 1 aromatic heterocycles. The van der Waals surface area contributed by atoms with E-state index in [2.05, 4.69) is 16.4 Å². The van der Waals surface area contributed by atoms with Crippen molar-refractivity contribution in [2.24, 2.45) is 5.14 Å². The Hall–Kier alpha value is -1.73. The number of nitrogens with two attached hydrogens (primary N) is 1. The first-order valence-electron chi connectivity index (χ1n) is 5.91. The van der Waals surface area contributed by atoms with Crippen molar-refractivity contribution >= 4 is 15.9 Å². The first-order valence-corrected chi connectivity index (χ1v) is 7.46. The van der Waals surface area contributed by atoms with Crippen LogP contribution in [-0.2, 0) is 10.0 Å². The van der Waals surface area contributed by atoms with Crippen molar-refractivity contribution in [3.05, 3.63) is 36.0 Å². The summed E-state index contributed by atoms with van der Waals surface area (Å²) in [5, 5.41) is 7.57. The second kappa shape index (κ2) is 5.50. The molecule has 1 atom stereocenters. The van der Waals surface area contributed by atoms with Crippen LogP contribution in [0.1, 0.15) is 29.6 Å². The van der Waals surface area contributed by atoms with Gasteiger partial charge in [-0.3, -0.25) is 4.79 Å². The van der Waals surface area contributed by atoms with Crippen molar-refractivity contribution in [3.8, 4) is 0 Å². The molecule has 19 heavy (non-hydrogen) atoms. The lowest BCUT2D eigenvalue weighted by atomic mass is 10.0. The fourth-order valence-corrected chi connectivity index (χ4v) is 2.33. The number of nitrogens with one attached hydrogen (secondary N) is 1. The first kappa shape index (κ1) is 13.7. The maximum absolute atomic E-state index is 11.9. The molecular weight excluding hydrogens is 266 g/mol. The molecule has 0 radical (unpaired) electrons. The van der Waals surface area contributed by atoms with Crippen molar-refractivity contribution in [1.82, 2.24) is 10.3 Å². The second-order valence-corrected chi connectivity index (χ2v) is 5.89. The average molecular weight is 281 g/mol. The van der Waals surface area contributed by atoms with Crippen LogP contribution in [0.15, 0.2) is 35.5 Å². The number of amides is 1. The molecule has 1 aliphatic rings. The van der Waals surface area contributed by atoms with E-state index in [-0.39, 0.29) is 17.0 Å². The third kappa shape index (κ3) is 3.62. The van der Waals surface area contributed by atoms with Crippen LogP contribution in [0.25, 0.3) is 0 Å². The molecule has 1 amide bonds. The lowest BCUT2D eigenvalue weighted by molar-refractivity contribution is 0.0934. The number of sulfonamides is 1. The number of nitrogens with zero attached hydrogens (tertiary/aromatic N) is 1. The third-order valence-corrected chi connectivity index (χ3v) is 3.72. The summed E-state index contributed by atoms with van der Waals surface area (Å²) in [6.45, 7) is 0. The topological polar surface area (TPSA) is 102 Å². The molecule has 1 aromatic rings. The summed E-state index contributed by atoms with van der Waals surface area (Å²) in [5.41, 5.74) is 0.321. The van der Waals surface area contributed by atoms with Gasteiger partial charge >= 0.3 is 0 Å². The molecule has 2 rings (SSSR count). The van der Waals surface area contributed by atoms with Crippen LogP contribution in [0.2, 0.25) is 0 Å². The highest BCUT2D eigenvalue weighted by Crippen LogP contribution is 2.12. The maximum atomic E-state index is 11.9. The van der Waals surface area contributed by atoms with Gasteiger partial charge in [-0.15, -0.1) is 0 Å². The predicted molar refractivity (Wildman–Crippen MR) is 69.9 cm³/mol. The summed E-state index contributed by atoms with van der Waals surface area (Å²) in [4.78, 5) is 15.6. The van der Waals surface area contributed by atoms with Gasteiger partial charge in [0, 0.05) is 12.2 Å². The fourth-order valence-electron chi connectivity index (χ4n) is 1.88. The summed E-state index contributed by atoms with van der Waals surface area (Å²) in [6, 6.07) is 2.75. The zero-order valence-electron chi connectivity index (χ0n) is 10.2. The van der Waals surface area contributed by atoms with Crippen LogP contribution in [0, 0.1) is 0 Å². The van der Waals surface area contributed by atoms with Gasteiger partial charge in [0.15, 0.2) is 5.03 Å². The molecule has 0 aromatic carbocycles. The lowest BCUT2D eigenvalue weighted by Crippen LogP contribution is -2.35. The van der Waals surface area contributed by atoms with Crippen molar-refractivity contribution in [2.75, 3.05) is 0 Å². The van der Waals surface area contributed by atoms with Crippen LogP contribution in [0.3, 0.4) is 0 Å². The van der Waals surface area contributed by atoms with E-state index >= 15 is 0 Å². The summed E-state index contributed by atoms with van der Waals surface area (Å²) < 4.78 is 22.1. The Kier molecular flexibility index (Phi) is 3.96. The largest absolute Gasteiger partial charge is 0.349 e. The normalized spacial score (nSPS) is 19.1. The smallest absolute Gasteiger partial charge is 0.255 e. The van der Waals surface area contributed by atoms with Gasteiger partial charge in [0.1, 0.15) is 0 Å². The highest BCUT2D eigenvalue weighted by Gasteiger charge is 2.15. The van der Waals surface area contributed by atoms with E-state index in [9.17, 15) is 13.2 Å². The Labute approximate surface area is 111 Å². The minimum absolute atomic E-state index is 0.121. The van der Waals surface area contributed by atoms with Crippen LogP contribution in [0.4, 0.5) is 0 Å². The average Bonchev–Trinajstić information content (AvgIpc) is 2.39. The Morgan fingerprint density at radius 3 is 2.68 bits per heavy atom. The minimum atomic E-state index is -3.82. The molecule has 0 aliphatic heterocycles. The fraction of sp³-hybridized carbons (Fsp3) is 0.333. The molecule has 1 aliphatic carbocycles. The van der Waals surface area contributed by atoms with Gasteiger partial charge in [-0.05, 0) is 31.4 Å². The Bertz CT molecular complexity index is 593. The van der Waals surface area contributed by atoms with Crippen molar-refractivity contribution < 1.29 is 13.2 Å². The molecule has 0 saturated carbocycles. The van der Waals surface area contributed by atoms with E-state index in [1.807, 2.05) is 6.08 Å². The summed E-state index contributed by atoms with van der Waals surface area (Å²) >= 11 is 0. The van der Waals surface area contributed by atoms with Crippen LogP contribution >= 0.6 is 0 Å². The molecule has 7 heteroatoms. The number of hydrogen-bond acceptors (Lipinski definition) is 4. The first-order chi connectivity index (χ1) is 8.97. The Morgan fingerprint density at radius 2 is 2.16 bits per heavy atom. The molecule has 1 unspecified atom stereocenters. The standard InChI is InChI=1S/C12H15N3O3S/c13-19(17,18)11-7-6-9(8-14-11)12(16)15-10-4-2-1-3-5-10/h1-2,6-8,10H,3-5H2,(H,15,16)(H2,13,17,18). The van der Waals surface area contributed by atoms with Crippen LogP contribution in [0.5, 0.6) is 0 Å². The number of hydrogen-bond donors (Lipinski definition) is 2. The second-order valence-electron chi connectivity index (χ2n) is 4.38. The van der Waals surface area contributed by atoms with Gasteiger partial charge in [-0.25, -0.2) is 18.5 Å². The molecule has 3 N–H and O–H groups in total. The van der Waals surface area contributed by atoms with Crippen molar-refractivity contribution in [1.29, 1.82) is 0 Å². The molecule has 1 heterocycles. The maximum Gasteiger partial charge on any atom is 0.255 e. The van der Waals surface area contributed by atoms with E-state index in [0.717, 1.165) is 19.3 Å². The number of primary sulfonamides is 1. The zero-order valence-corrected chi connectivity index (χ0v) is 11.1. The lowest BCUT2D eigenvalue weighted by Gasteiger charge is -2.19. The molecule has 102 valence electrons. The number of allylic oxidation sites excluding steroid dienone is 1. The number of rotatable bonds is 3. The molecule has 0 saturated heterocycles. The highest BCUT2D eigenvalue weighted by atomic mass is 32.2. The van der Waals surface area contributed by atoms with Crippen LogP contribution < -0.4 is 10.5 Å². The van der Waals surface area contributed by atoms with E-state index < -0.39 is 10.0 Å². The zero-order chi connectivity index (χ0) is 13.9. The van der Waals surface area contributed by atoms with Gasteiger partial charge in [0.25, 0.3) is 15.9 Å². The SMILES string of the molecule is NS(=O)(=O)c1ccc(C(=O)NC2CC=CCC2)cn1.